The summed E-state index contributed by atoms with van der Waals surface area (Å²) in [6.07, 6.45) is 5.43. The highest BCUT2D eigenvalue weighted by atomic mass is 35.5. The molecule has 0 aromatic heterocycles. The van der Waals surface area contributed by atoms with Crippen LogP contribution in [-0.4, -0.2) is 49.2 Å². The number of rotatable bonds is 3. The normalized spacial score (nSPS) is 28.6. The van der Waals surface area contributed by atoms with E-state index in [1.807, 2.05) is 4.90 Å². The van der Waals surface area contributed by atoms with Crippen molar-refractivity contribution in [3.05, 3.63) is 0 Å². The highest BCUT2D eigenvalue weighted by Crippen LogP contribution is 2.18. The Morgan fingerprint density at radius 3 is 2.94 bits per heavy atom. The van der Waals surface area contributed by atoms with Crippen molar-refractivity contribution < 1.29 is 9.53 Å². The van der Waals surface area contributed by atoms with Gasteiger partial charge in [-0.15, -0.1) is 12.4 Å². The predicted octanol–water partition coefficient (Wildman–Crippen LogP) is 1.58. The molecule has 2 aliphatic rings. The van der Waals surface area contributed by atoms with E-state index in [0.29, 0.717) is 24.5 Å². The minimum Gasteiger partial charge on any atom is -0.378 e. The molecule has 18 heavy (non-hydrogen) atoms. The van der Waals surface area contributed by atoms with Crippen molar-refractivity contribution in [2.45, 2.75) is 51.2 Å². The van der Waals surface area contributed by atoms with Crippen LogP contribution in [0.3, 0.4) is 0 Å². The molecule has 0 aliphatic carbocycles. The molecule has 2 atom stereocenters. The average molecular weight is 277 g/mol. The molecule has 2 fully saturated rings. The molecule has 0 radical (unpaired) electrons. The first-order valence-corrected chi connectivity index (χ1v) is 6.89. The summed E-state index contributed by atoms with van der Waals surface area (Å²) < 4.78 is 5.66. The molecule has 106 valence electrons. The van der Waals surface area contributed by atoms with E-state index in [1.165, 1.54) is 12.8 Å². The summed E-state index contributed by atoms with van der Waals surface area (Å²) in [5.74, 6) is 0.299. The first-order valence-electron chi connectivity index (χ1n) is 6.89. The number of halogens is 1. The van der Waals surface area contributed by atoms with Crippen molar-refractivity contribution in [3.63, 3.8) is 0 Å². The zero-order chi connectivity index (χ0) is 12.1. The number of nitrogens with one attached hydrogen (secondary N) is 1. The van der Waals surface area contributed by atoms with E-state index in [2.05, 4.69) is 12.2 Å². The fourth-order valence-corrected chi connectivity index (χ4v) is 2.67. The number of hydrogen-bond acceptors (Lipinski definition) is 3. The third-order valence-corrected chi connectivity index (χ3v) is 3.78. The highest BCUT2D eigenvalue weighted by Gasteiger charge is 2.24. The fraction of sp³-hybridized carbons (Fsp3) is 0.923. The zero-order valence-corrected chi connectivity index (χ0v) is 12.0. The van der Waals surface area contributed by atoms with Gasteiger partial charge in [-0.05, 0) is 32.6 Å². The molecule has 0 aromatic rings. The summed E-state index contributed by atoms with van der Waals surface area (Å²) in [5, 5.41) is 3.31. The SMILES string of the molecule is C[C@@H]1CNCCN1C(=O)CCC1CCCCO1.Cl. The van der Waals surface area contributed by atoms with Crippen LogP contribution in [-0.2, 0) is 9.53 Å². The lowest BCUT2D eigenvalue weighted by molar-refractivity contribution is -0.135. The molecule has 1 unspecified atom stereocenters. The molecule has 0 spiro atoms. The number of carbonyl (C=O) groups excluding carboxylic acids is 1. The molecular formula is C13H25ClN2O2. The van der Waals surface area contributed by atoms with Crippen LogP contribution in [0.5, 0.6) is 0 Å². The Labute approximate surface area is 116 Å². The first-order chi connectivity index (χ1) is 8.27. The maximum atomic E-state index is 12.1. The van der Waals surface area contributed by atoms with E-state index in [0.717, 1.165) is 39.1 Å². The van der Waals surface area contributed by atoms with E-state index in [-0.39, 0.29) is 12.4 Å². The second-order valence-electron chi connectivity index (χ2n) is 5.17. The Morgan fingerprint density at radius 1 is 1.44 bits per heavy atom. The molecule has 2 rings (SSSR count). The molecule has 2 heterocycles. The number of amides is 1. The Kier molecular flexibility index (Phi) is 6.97. The predicted molar refractivity (Wildman–Crippen MR) is 74.1 cm³/mol. The van der Waals surface area contributed by atoms with Crippen LogP contribution in [0, 0.1) is 0 Å². The van der Waals surface area contributed by atoms with Gasteiger partial charge in [-0.25, -0.2) is 0 Å². The van der Waals surface area contributed by atoms with Gasteiger partial charge in [0, 0.05) is 38.7 Å². The van der Waals surface area contributed by atoms with Crippen LogP contribution in [0.2, 0.25) is 0 Å². The molecule has 4 nitrogen and oxygen atoms in total. The van der Waals surface area contributed by atoms with Crippen molar-refractivity contribution in [1.29, 1.82) is 0 Å². The quantitative estimate of drug-likeness (QED) is 0.851. The Hall–Kier alpha value is -0.320. The van der Waals surface area contributed by atoms with Crippen molar-refractivity contribution in [2.24, 2.45) is 0 Å². The van der Waals surface area contributed by atoms with Gasteiger partial charge in [-0.2, -0.15) is 0 Å². The van der Waals surface area contributed by atoms with Crippen LogP contribution in [0.15, 0.2) is 0 Å². The fourth-order valence-electron chi connectivity index (χ4n) is 2.67. The van der Waals surface area contributed by atoms with E-state index < -0.39 is 0 Å². The molecule has 5 heteroatoms. The highest BCUT2D eigenvalue weighted by molar-refractivity contribution is 5.85. The largest absolute Gasteiger partial charge is 0.378 e. The molecule has 1 amide bonds. The van der Waals surface area contributed by atoms with Gasteiger partial charge < -0.3 is 15.0 Å². The third kappa shape index (κ3) is 4.41. The van der Waals surface area contributed by atoms with E-state index in [1.54, 1.807) is 0 Å². The summed E-state index contributed by atoms with van der Waals surface area (Å²) >= 11 is 0. The smallest absolute Gasteiger partial charge is 0.222 e. The van der Waals surface area contributed by atoms with Gasteiger partial charge in [0.15, 0.2) is 0 Å². The Bertz CT molecular complexity index is 257. The number of nitrogens with zero attached hydrogens (tertiary/aromatic N) is 1. The number of ether oxygens (including phenoxy) is 1. The van der Waals surface area contributed by atoms with Crippen molar-refractivity contribution >= 4 is 18.3 Å². The Balaban J connectivity index is 0.00000162. The molecular weight excluding hydrogens is 252 g/mol. The summed E-state index contributed by atoms with van der Waals surface area (Å²) in [6, 6.07) is 0.337. The van der Waals surface area contributed by atoms with Gasteiger partial charge in [-0.3, -0.25) is 4.79 Å². The molecule has 0 bridgehead atoms. The number of piperazine rings is 1. The van der Waals surface area contributed by atoms with Crippen molar-refractivity contribution in [2.75, 3.05) is 26.2 Å². The molecule has 0 saturated carbocycles. The van der Waals surface area contributed by atoms with Gasteiger partial charge in [0.05, 0.1) is 6.10 Å². The van der Waals surface area contributed by atoms with Gasteiger partial charge in [0.2, 0.25) is 5.91 Å². The monoisotopic (exact) mass is 276 g/mol. The summed E-state index contributed by atoms with van der Waals surface area (Å²) in [5.41, 5.74) is 0. The maximum Gasteiger partial charge on any atom is 0.222 e. The maximum absolute atomic E-state index is 12.1. The molecule has 2 aliphatic heterocycles. The Morgan fingerprint density at radius 2 is 2.28 bits per heavy atom. The minimum atomic E-state index is 0. The second kappa shape index (κ2) is 7.97. The van der Waals surface area contributed by atoms with E-state index in [9.17, 15) is 4.79 Å². The number of hydrogen-bond donors (Lipinski definition) is 1. The number of carbonyl (C=O) groups is 1. The lowest BCUT2D eigenvalue weighted by Crippen LogP contribution is -2.52. The third-order valence-electron chi connectivity index (χ3n) is 3.78. The minimum absolute atomic E-state index is 0. The van der Waals surface area contributed by atoms with Crippen molar-refractivity contribution in [1.82, 2.24) is 10.2 Å². The lowest BCUT2D eigenvalue weighted by atomic mass is 10.0. The van der Waals surface area contributed by atoms with Crippen LogP contribution in [0.1, 0.15) is 39.0 Å². The van der Waals surface area contributed by atoms with E-state index >= 15 is 0 Å². The standard InChI is InChI=1S/C13H24N2O2.ClH/c1-11-10-14-7-8-15(11)13(16)6-5-12-4-2-3-9-17-12;/h11-12,14H,2-10H2,1H3;1H/t11-,12?;/m1./s1. The van der Waals surface area contributed by atoms with Gasteiger partial charge in [0.1, 0.15) is 0 Å². The average Bonchev–Trinajstić information content (AvgIpc) is 2.38. The topological polar surface area (TPSA) is 41.6 Å². The van der Waals surface area contributed by atoms with Crippen LogP contribution >= 0.6 is 12.4 Å². The lowest BCUT2D eigenvalue weighted by Gasteiger charge is -2.34. The van der Waals surface area contributed by atoms with E-state index in [4.69, 9.17) is 4.74 Å². The van der Waals surface area contributed by atoms with Gasteiger partial charge in [-0.1, -0.05) is 0 Å². The first kappa shape index (κ1) is 15.7. The van der Waals surface area contributed by atoms with Crippen LogP contribution in [0.25, 0.3) is 0 Å². The molecule has 2 saturated heterocycles. The second-order valence-corrected chi connectivity index (χ2v) is 5.17. The van der Waals surface area contributed by atoms with Gasteiger partial charge >= 0.3 is 0 Å². The summed E-state index contributed by atoms with van der Waals surface area (Å²) in [6.45, 7) is 5.69. The van der Waals surface area contributed by atoms with Gasteiger partial charge in [0.25, 0.3) is 0 Å². The summed E-state index contributed by atoms with van der Waals surface area (Å²) in [4.78, 5) is 14.1. The summed E-state index contributed by atoms with van der Waals surface area (Å²) in [7, 11) is 0. The zero-order valence-electron chi connectivity index (χ0n) is 11.2. The van der Waals surface area contributed by atoms with Crippen LogP contribution < -0.4 is 5.32 Å². The molecule has 1 N–H and O–H groups in total. The van der Waals surface area contributed by atoms with Crippen LogP contribution in [0.4, 0.5) is 0 Å². The van der Waals surface area contributed by atoms with Crippen molar-refractivity contribution in [3.8, 4) is 0 Å². The molecule has 0 aromatic carbocycles.